The molecule has 0 heterocycles. The number of hydrogen-bond acceptors (Lipinski definition) is 3. The summed E-state index contributed by atoms with van der Waals surface area (Å²) < 4.78 is 23.2. The molecule has 1 fully saturated rings. The molecule has 0 spiro atoms. The summed E-state index contributed by atoms with van der Waals surface area (Å²) in [6, 6.07) is 5.38. The van der Waals surface area contributed by atoms with Gasteiger partial charge >= 0.3 is 0 Å². The van der Waals surface area contributed by atoms with Crippen molar-refractivity contribution in [2.24, 2.45) is 5.73 Å². The lowest BCUT2D eigenvalue weighted by Gasteiger charge is -2.42. The molecule has 0 amide bonds. The van der Waals surface area contributed by atoms with Crippen LogP contribution in [0.4, 0.5) is 0 Å². The minimum Gasteiger partial charge on any atom is -0.330 e. The predicted molar refractivity (Wildman–Crippen MR) is 68.9 cm³/mol. The van der Waals surface area contributed by atoms with E-state index in [0.29, 0.717) is 11.4 Å². The number of hydrogen-bond donors (Lipinski definition) is 1. The van der Waals surface area contributed by atoms with E-state index in [1.54, 1.807) is 6.07 Å². The number of benzene rings is 1. The zero-order chi connectivity index (χ0) is 12.7. The van der Waals surface area contributed by atoms with Crippen molar-refractivity contribution in [1.82, 2.24) is 0 Å². The van der Waals surface area contributed by atoms with E-state index in [9.17, 15) is 8.42 Å². The van der Waals surface area contributed by atoms with Gasteiger partial charge in [0.25, 0.3) is 0 Å². The Morgan fingerprint density at radius 1 is 1.35 bits per heavy atom. The molecule has 3 nitrogen and oxygen atoms in total. The Bertz CT molecular complexity index is 525. The molecule has 94 valence electrons. The van der Waals surface area contributed by atoms with Crippen molar-refractivity contribution >= 4 is 9.84 Å². The first-order chi connectivity index (χ1) is 7.89. The average Bonchev–Trinajstić information content (AvgIpc) is 2.18. The fourth-order valence-corrected chi connectivity index (χ4v) is 3.24. The highest BCUT2D eigenvalue weighted by Crippen LogP contribution is 2.44. The molecule has 1 aromatic rings. The maximum absolute atomic E-state index is 11.6. The van der Waals surface area contributed by atoms with Crippen LogP contribution in [0.15, 0.2) is 23.1 Å². The highest BCUT2D eigenvalue weighted by atomic mass is 32.2. The van der Waals surface area contributed by atoms with E-state index < -0.39 is 9.84 Å². The van der Waals surface area contributed by atoms with Gasteiger partial charge in [-0.2, -0.15) is 0 Å². The van der Waals surface area contributed by atoms with Crippen molar-refractivity contribution < 1.29 is 8.42 Å². The van der Waals surface area contributed by atoms with Gasteiger partial charge in [-0.3, -0.25) is 0 Å². The van der Waals surface area contributed by atoms with E-state index in [0.717, 1.165) is 24.0 Å². The third-order valence-electron chi connectivity index (χ3n) is 3.91. The normalized spacial score (nSPS) is 18.8. The largest absolute Gasteiger partial charge is 0.330 e. The van der Waals surface area contributed by atoms with Crippen molar-refractivity contribution in [3.8, 4) is 0 Å². The predicted octanol–water partition coefficient (Wildman–Crippen LogP) is 1.78. The highest BCUT2D eigenvalue weighted by molar-refractivity contribution is 7.90. The Balaban J connectivity index is 2.54. The molecule has 1 aliphatic rings. The van der Waals surface area contributed by atoms with Gasteiger partial charge in [0, 0.05) is 18.2 Å². The average molecular weight is 253 g/mol. The van der Waals surface area contributed by atoms with Crippen LogP contribution >= 0.6 is 0 Å². The molecule has 0 aliphatic heterocycles. The van der Waals surface area contributed by atoms with E-state index in [2.05, 4.69) is 0 Å². The molecule has 1 aliphatic carbocycles. The molecular formula is C13H19NO2S. The molecule has 4 heteroatoms. The third kappa shape index (κ3) is 2.11. The van der Waals surface area contributed by atoms with Gasteiger partial charge in [-0.05, 0) is 43.0 Å². The van der Waals surface area contributed by atoms with E-state index in [1.807, 2.05) is 19.1 Å². The summed E-state index contributed by atoms with van der Waals surface area (Å²) in [4.78, 5) is 0.401. The van der Waals surface area contributed by atoms with Crippen molar-refractivity contribution in [2.75, 3.05) is 12.8 Å². The molecular weight excluding hydrogens is 234 g/mol. The number of nitrogens with two attached hydrogens (primary N) is 1. The summed E-state index contributed by atoms with van der Waals surface area (Å²) in [5.41, 5.74) is 8.16. The molecule has 2 rings (SSSR count). The summed E-state index contributed by atoms with van der Waals surface area (Å²) in [6.45, 7) is 2.62. The van der Waals surface area contributed by atoms with E-state index in [-0.39, 0.29) is 5.41 Å². The van der Waals surface area contributed by atoms with Gasteiger partial charge < -0.3 is 5.73 Å². The van der Waals surface area contributed by atoms with Crippen molar-refractivity contribution in [3.63, 3.8) is 0 Å². The fourth-order valence-electron chi connectivity index (χ4n) is 2.59. The van der Waals surface area contributed by atoms with Crippen LogP contribution in [-0.2, 0) is 15.3 Å². The quantitative estimate of drug-likeness (QED) is 0.893. The third-order valence-corrected chi connectivity index (χ3v) is 5.02. The minimum atomic E-state index is -3.14. The van der Waals surface area contributed by atoms with Crippen LogP contribution in [0.2, 0.25) is 0 Å². The molecule has 0 atom stereocenters. The molecule has 2 N–H and O–H groups in total. The standard InChI is InChI=1S/C13H19NO2S/c1-10-4-5-11(17(2,15)16)8-12(10)13(9-14)6-3-7-13/h4-5,8H,3,6-7,9,14H2,1-2H3. The van der Waals surface area contributed by atoms with Crippen LogP contribution in [0.1, 0.15) is 30.4 Å². The maximum Gasteiger partial charge on any atom is 0.175 e. The van der Waals surface area contributed by atoms with Gasteiger partial charge in [-0.15, -0.1) is 0 Å². The molecule has 0 aromatic heterocycles. The maximum atomic E-state index is 11.6. The van der Waals surface area contributed by atoms with E-state index in [1.165, 1.54) is 12.7 Å². The lowest BCUT2D eigenvalue weighted by molar-refractivity contribution is 0.251. The second-order valence-corrected chi connectivity index (χ2v) is 7.10. The van der Waals surface area contributed by atoms with Crippen LogP contribution in [0.5, 0.6) is 0 Å². The van der Waals surface area contributed by atoms with Crippen LogP contribution in [0.3, 0.4) is 0 Å². The zero-order valence-electron chi connectivity index (χ0n) is 10.4. The number of rotatable bonds is 3. The van der Waals surface area contributed by atoms with Crippen LogP contribution in [0.25, 0.3) is 0 Å². The van der Waals surface area contributed by atoms with E-state index >= 15 is 0 Å². The first kappa shape index (κ1) is 12.6. The van der Waals surface area contributed by atoms with Crippen LogP contribution in [-0.4, -0.2) is 21.2 Å². The fraction of sp³-hybridized carbons (Fsp3) is 0.538. The van der Waals surface area contributed by atoms with Gasteiger partial charge in [0.05, 0.1) is 4.90 Å². The lowest BCUT2D eigenvalue weighted by Crippen LogP contribution is -2.42. The zero-order valence-corrected chi connectivity index (χ0v) is 11.2. The second-order valence-electron chi connectivity index (χ2n) is 5.09. The van der Waals surface area contributed by atoms with Gasteiger partial charge in [0.15, 0.2) is 9.84 Å². The summed E-state index contributed by atoms with van der Waals surface area (Å²) in [5, 5.41) is 0. The SMILES string of the molecule is Cc1ccc(S(C)(=O)=O)cc1C1(CN)CCC1. The molecule has 1 saturated carbocycles. The summed E-state index contributed by atoms with van der Waals surface area (Å²) >= 11 is 0. The summed E-state index contributed by atoms with van der Waals surface area (Å²) in [7, 11) is -3.14. The Hall–Kier alpha value is -0.870. The summed E-state index contributed by atoms with van der Waals surface area (Å²) in [5.74, 6) is 0. The Kier molecular flexibility index (Phi) is 3.04. The second kappa shape index (κ2) is 4.10. The van der Waals surface area contributed by atoms with Crippen LogP contribution in [0, 0.1) is 6.92 Å². The Labute approximate surface area is 103 Å². The molecule has 0 saturated heterocycles. The smallest absolute Gasteiger partial charge is 0.175 e. The van der Waals surface area contributed by atoms with Crippen molar-refractivity contribution in [1.29, 1.82) is 0 Å². The first-order valence-corrected chi connectivity index (χ1v) is 7.79. The van der Waals surface area contributed by atoms with Gasteiger partial charge in [-0.1, -0.05) is 12.5 Å². The van der Waals surface area contributed by atoms with Crippen molar-refractivity contribution in [2.45, 2.75) is 36.5 Å². The number of aryl methyl sites for hydroxylation is 1. The molecule has 0 radical (unpaired) electrons. The van der Waals surface area contributed by atoms with Gasteiger partial charge in [0.1, 0.15) is 0 Å². The van der Waals surface area contributed by atoms with Crippen molar-refractivity contribution in [3.05, 3.63) is 29.3 Å². The number of sulfone groups is 1. The topological polar surface area (TPSA) is 60.2 Å². The molecule has 17 heavy (non-hydrogen) atoms. The molecule has 0 bridgehead atoms. The highest BCUT2D eigenvalue weighted by Gasteiger charge is 2.38. The minimum absolute atomic E-state index is 0.0186. The van der Waals surface area contributed by atoms with Crippen LogP contribution < -0.4 is 5.73 Å². The Morgan fingerprint density at radius 3 is 2.41 bits per heavy atom. The monoisotopic (exact) mass is 253 g/mol. The first-order valence-electron chi connectivity index (χ1n) is 5.90. The molecule has 0 unspecified atom stereocenters. The summed E-state index contributed by atoms with van der Waals surface area (Å²) in [6.07, 6.45) is 4.56. The van der Waals surface area contributed by atoms with E-state index in [4.69, 9.17) is 5.73 Å². The van der Waals surface area contributed by atoms with Gasteiger partial charge in [-0.25, -0.2) is 8.42 Å². The van der Waals surface area contributed by atoms with Gasteiger partial charge in [0.2, 0.25) is 0 Å². The lowest BCUT2D eigenvalue weighted by atomic mass is 9.63. The molecule has 1 aromatic carbocycles. The Morgan fingerprint density at radius 2 is 2.00 bits per heavy atom.